The van der Waals surface area contributed by atoms with Crippen molar-refractivity contribution in [2.24, 2.45) is 5.41 Å². The third kappa shape index (κ3) is 3.40. The summed E-state index contributed by atoms with van der Waals surface area (Å²) in [5, 5.41) is 19.5. The molecule has 29 heavy (non-hydrogen) atoms. The van der Waals surface area contributed by atoms with Gasteiger partial charge in [-0.05, 0) is 57.1 Å². The number of aromatic nitrogens is 1. The number of H-pyrrole nitrogens is 1. The maximum Gasteiger partial charge on any atom is 0.345 e. The Morgan fingerprint density at radius 3 is 2.34 bits per heavy atom. The maximum absolute atomic E-state index is 12.2. The Labute approximate surface area is 169 Å². The molecule has 154 valence electrons. The summed E-state index contributed by atoms with van der Waals surface area (Å²) in [4.78, 5) is 30.9. The van der Waals surface area contributed by atoms with Crippen molar-refractivity contribution in [3.8, 4) is 17.0 Å². The number of hydrogen-bond donors (Lipinski definition) is 3. The first-order valence-corrected chi connectivity index (χ1v) is 10.1. The Hall–Kier alpha value is -2.80. The second-order valence-electron chi connectivity index (χ2n) is 8.40. The molecule has 3 N–H and O–H groups in total. The molecular formula is C22H27N3O4. The van der Waals surface area contributed by atoms with Gasteiger partial charge in [0.25, 0.3) is 5.56 Å². The van der Waals surface area contributed by atoms with Gasteiger partial charge in [-0.1, -0.05) is 19.1 Å². The molecule has 7 nitrogen and oxygen atoms in total. The number of nitrogens with zero attached hydrogens (tertiary/aromatic N) is 2. The molecule has 2 aliphatic heterocycles. The highest BCUT2D eigenvalue weighted by molar-refractivity contribution is 5.92. The minimum Gasteiger partial charge on any atom is -0.506 e. The first kappa shape index (κ1) is 19.5. The zero-order valence-corrected chi connectivity index (χ0v) is 16.9. The number of piperidine rings is 1. The number of hydrogen-bond acceptors (Lipinski definition) is 5. The van der Waals surface area contributed by atoms with Crippen molar-refractivity contribution in [1.82, 2.24) is 9.88 Å². The molecule has 0 amide bonds. The standard InChI is InChI=1S/C22H27N3O4/c1-3-16-18(23-20(27)17(19(16)26)21(28)29)14-4-6-15(7-5-14)25-12-22(13-25)8-10-24(2)11-9-22/h4-7H,3,8-13H2,1-2H3,(H,28,29)(H2,23,26,27). The zero-order valence-electron chi connectivity index (χ0n) is 16.9. The second-order valence-corrected chi connectivity index (χ2v) is 8.40. The van der Waals surface area contributed by atoms with E-state index < -0.39 is 22.8 Å². The summed E-state index contributed by atoms with van der Waals surface area (Å²) >= 11 is 0. The van der Waals surface area contributed by atoms with E-state index in [4.69, 9.17) is 0 Å². The summed E-state index contributed by atoms with van der Waals surface area (Å²) in [5.41, 5.74) is 1.86. The van der Waals surface area contributed by atoms with E-state index in [2.05, 4.69) is 21.8 Å². The normalized spacial score (nSPS) is 18.6. The average molecular weight is 397 g/mol. The van der Waals surface area contributed by atoms with Crippen molar-refractivity contribution in [2.75, 3.05) is 38.1 Å². The van der Waals surface area contributed by atoms with Crippen molar-refractivity contribution in [3.63, 3.8) is 0 Å². The van der Waals surface area contributed by atoms with Crippen LogP contribution in [0.2, 0.25) is 0 Å². The number of anilines is 1. The molecule has 0 radical (unpaired) electrons. The van der Waals surface area contributed by atoms with Gasteiger partial charge < -0.3 is 25.0 Å². The van der Waals surface area contributed by atoms with Crippen LogP contribution < -0.4 is 10.5 Å². The van der Waals surface area contributed by atoms with E-state index in [1.165, 1.54) is 12.8 Å². The van der Waals surface area contributed by atoms with Crippen molar-refractivity contribution in [1.29, 1.82) is 0 Å². The lowest BCUT2D eigenvalue weighted by molar-refractivity contribution is 0.0691. The molecular weight excluding hydrogens is 370 g/mol. The second kappa shape index (κ2) is 7.22. The van der Waals surface area contributed by atoms with Gasteiger partial charge in [0.15, 0.2) is 5.56 Å². The van der Waals surface area contributed by atoms with Gasteiger partial charge in [-0.2, -0.15) is 0 Å². The lowest BCUT2D eigenvalue weighted by Crippen LogP contribution is -2.60. The van der Waals surface area contributed by atoms with Gasteiger partial charge in [0.05, 0.1) is 5.69 Å². The van der Waals surface area contributed by atoms with Crippen LogP contribution in [0.1, 0.15) is 35.7 Å². The molecule has 0 atom stereocenters. The number of pyridine rings is 1. The summed E-state index contributed by atoms with van der Waals surface area (Å²) in [7, 11) is 2.18. The van der Waals surface area contributed by atoms with Crippen molar-refractivity contribution in [3.05, 3.63) is 45.7 Å². The van der Waals surface area contributed by atoms with E-state index in [1.807, 2.05) is 31.2 Å². The van der Waals surface area contributed by atoms with Crippen LogP contribution in [0.5, 0.6) is 5.75 Å². The lowest BCUT2D eigenvalue weighted by atomic mass is 9.72. The van der Waals surface area contributed by atoms with Crippen LogP contribution in [0.4, 0.5) is 5.69 Å². The van der Waals surface area contributed by atoms with Crippen LogP contribution in [0, 0.1) is 5.41 Å². The molecule has 1 aromatic heterocycles. The predicted molar refractivity (Wildman–Crippen MR) is 112 cm³/mol. The molecule has 2 aliphatic rings. The van der Waals surface area contributed by atoms with E-state index in [9.17, 15) is 19.8 Å². The van der Waals surface area contributed by atoms with Gasteiger partial charge in [0, 0.05) is 29.8 Å². The third-order valence-electron chi connectivity index (χ3n) is 6.48. The molecule has 3 heterocycles. The van der Waals surface area contributed by atoms with Gasteiger partial charge in [0.1, 0.15) is 5.75 Å². The van der Waals surface area contributed by atoms with Crippen LogP contribution in [0.25, 0.3) is 11.3 Å². The Bertz CT molecular complexity index is 980. The van der Waals surface area contributed by atoms with Gasteiger partial charge in [-0.25, -0.2) is 4.79 Å². The molecule has 2 aromatic rings. The molecule has 2 fully saturated rings. The fourth-order valence-electron chi connectivity index (χ4n) is 4.61. The highest BCUT2D eigenvalue weighted by Crippen LogP contribution is 2.42. The highest BCUT2D eigenvalue weighted by atomic mass is 16.4. The van der Waals surface area contributed by atoms with Gasteiger partial charge in [-0.3, -0.25) is 4.79 Å². The van der Waals surface area contributed by atoms with E-state index >= 15 is 0 Å². The number of benzene rings is 1. The van der Waals surface area contributed by atoms with Crippen molar-refractivity contribution < 1.29 is 15.0 Å². The smallest absolute Gasteiger partial charge is 0.345 e. The number of rotatable bonds is 4. The number of carboxylic acid groups (broad SMARTS) is 1. The number of aromatic amines is 1. The number of carbonyl (C=O) groups is 1. The Balaban J connectivity index is 1.56. The van der Waals surface area contributed by atoms with Gasteiger partial charge >= 0.3 is 5.97 Å². The van der Waals surface area contributed by atoms with E-state index in [0.717, 1.165) is 37.4 Å². The first-order valence-electron chi connectivity index (χ1n) is 10.1. The Morgan fingerprint density at radius 1 is 1.17 bits per heavy atom. The van der Waals surface area contributed by atoms with E-state index in [-0.39, 0.29) is 0 Å². The molecule has 4 rings (SSSR count). The molecule has 1 aromatic carbocycles. The summed E-state index contributed by atoms with van der Waals surface area (Å²) in [6.07, 6.45) is 2.89. The molecule has 7 heteroatoms. The van der Waals surface area contributed by atoms with Crippen LogP contribution >= 0.6 is 0 Å². The Kier molecular flexibility index (Phi) is 4.86. The summed E-state index contributed by atoms with van der Waals surface area (Å²) < 4.78 is 0. The summed E-state index contributed by atoms with van der Waals surface area (Å²) in [5.74, 6) is -1.88. The van der Waals surface area contributed by atoms with Gasteiger partial charge in [0.2, 0.25) is 0 Å². The molecule has 0 bridgehead atoms. The van der Waals surface area contributed by atoms with E-state index in [1.54, 1.807) is 0 Å². The SMILES string of the molecule is CCc1c(-c2ccc(N3CC4(CCN(C)CC4)C3)cc2)[nH]c(=O)c(C(=O)O)c1O. The van der Waals surface area contributed by atoms with E-state index in [0.29, 0.717) is 23.1 Å². The van der Waals surface area contributed by atoms with Crippen LogP contribution in [0.15, 0.2) is 29.1 Å². The minimum atomic E-state index is -1.43. The number of nitrogens with one attached hydrogen (secondary N) is 1. The third-order valence-corrected chi connectivity index (χ3v) is 6.48. The fourth-order valence-corrected chi connectivity index (χ4v) is 4.61. The monoisotopic (exact) mass is 397 g/mol. The van der Waals surface area contributed by atoms with Crippen molar-refractivity contribution >= 4 is 11.7 Å². The average Bonchev–Trinajstić information content (AvgIpc) is 2.66. The topological polar surface area (TPSA) is 96.9 Å². The molecule has 0 saturated carbocycles. The minimum absolute atomic E-state index is 0.406. The maximum atomic E-state index is 12.2. The predicted octanol–water partition coefficient (Wildman–Crippen LogP) is 2.54. The van der Waals surface area contributed by atoms with Crippen LogP contribution in [-0.4, -0.2) is 59.3 Å². The van der Waals surface area contributed by atoms with Gasteiger partial charge in [-0.15, -0.1) is 0 Å². The quantitative estimate of drug-likeness (QED) is 0.734. The van der Waals surface area contributed by atoms with Crippen LogP contribution in [0.3, 0.4) is 0 Å². The summed E-state index contributed by atoms with van der Waals surface area (Å²) in [6, 6.07) is 7.88. The molecule has 2 saturated heterocycles. The molecule has 1 spiro atoms. The largest absolute Gasteiger partial charge is 0.506 e. The lowest BCUT2D eigenvalue weighted by Gasteiger charge is -2.54. The number of aromatic hydroxyl groups is 1. The molecule has 0 aliphatic carbocycles. The molecule has 0 unspecified atom stereocenters. The number of aromatic carboxylic acids is 1. The first-order chi connectivity index (χ1) is 13.8. The fraction of sp³-hybridized carbons (Fsp3) is 0.455. The Morgan fingerprint density at radius 2 is 1.79 bits per heavy atom. The highest BCUT2D eigenvalue weighted by Gasteiger charge is 2.44. The number of carboxylic acids is 1. The number of likely N-dealkylation sites (tertiary alicyclic amines) is 1. The van der Waals surface area contributed by atoms with Crippen LogP contribution in [-0.2, 0) is 6.42 Å². The summed E-state index contributed by atoms with van der Waals surface area (Å²) in [6.45, 7) is 6.29. The zero-order chi connectivity index (χ0) is 20.8. The van der Waals surface area contributed by atoms with Crippen molar-refractivity contribution in [2.45, 2.75) is 26.2 Å².